The SMILES string of the molecule is COc1ccc(-c2nc(CC(=O)C3(c4ccc5c(c4)OC(F)(F)O5)CC3)ccc2Cl)cn1. The summed E-state index contributed by atoms with van der Waals surface area (Å²) in [6.07, 6.45) is -0.751. The fraction of sp³-hybridized carbons (Fsp3) is 0.261. The number of rotatable bonds is 6. The Labute approximate surface area is 187 Å². The Kier molecular flexibility index (Phi) is 4.78. The van der Waals surface area contributed by atoms with Gasteiger partial charge in [-0.3, -0.25) is 9.78 Å². The van der Waals surface area contributed by atoms with Crippen LogP contribution in [0.4, 0.5) is 8.78 Å². The van der Waals surface area contributed by atoms with Crippen molar-refractivity contribution < 1.29 is 27.8 Å². The first-order chi connectivity index (χ1) is 15.3. The van der Waals surface area contributed by atoms with Gasteiger partial charge in [0, 0.05) is 29.9 Å². The van der Waals surface area contributed by atoms with Crippen LogP contribution in [0.15, 0.2) is 48.7 Å². The lowest BCUT2D eigenvalue weighted by molar-refractivity contribution is -0.286. The lowest BCUT2D eigenvalue weighted by atomic mass is 9.88. The average Bonchev–Trinajstić information content (AvgIpc) is 3.52. The van der Waals surface area contributed by atoms with Crippen molar-refractivity contribution in [3.05, 3.63) is 64.9 Å². The molecule has 1 saturated carbocycles. The van der Waals surface area contributed by atoms with Crippen molar-refractivity contribution >= 4 is 17.4 Å². The highest BCUT2D eigenvalue weighted by Crippen LogP contribution is 2.52. The van der Waals surface area contributed by atoms with Crippen molar-refractivity contribution in [2.45, 2.75) is 31.0 Å². The largest absolute Gasteiger partial charge is 0.586 e. The summed E-state index contributed by atoms with van der Waals surface area (Å²) < 4.78 is 40.7. The number of methoxy groups -OCH3 is 1. The lowest BCUT2D eigenvalue weighted by Crippen LogP contribution is -2.26. The molecule has 0 atom stereocenters. The maximum atomic E-state index is 13.3. The number of halogens is 3. The number of carbonyl (C=O) groups excluding carboxylic acids is 1. The number of alkyl halides is 2. The van der Waals surface area contributed by atoms with E-state index in [1.54, 1.807) is 36.5 Å². The minimum Gasteiger partial charge on any atom is -0.481 e. The first kappa shape index (κ1) is 20.6. The van der Waals surface area contributed by atoms with Crippen LogP contribution in [0, 0.1) is 0 Å². The maximum Gasteiger partial charge on any atom is 0.586 e. The van der Waals surface area contributed by atoms with Crippen LogP contribution in [0.25, 0.3) is 11.3 Å². The van der Waals surface area contributed by atoms with Gasteiger partial charge in [-0.15, -0.1) is 8.78 Å². The summed E-state index contributed by atoms with van der Waals surface area (Å²) in [5, 5.41) is 0.436. The quantitative estimate of drug-likeness (QED) is 0.519. The van der Waals surface area contributed by atoms with E-state index in [0.29, 0.717) is 46.3 Å². The van der Waals surface area contributed by atoms with Gasteiger partial charge in [-0.1, -0.05) is 17.7 Å². The molecule has 3 heterocycles. The summed E-state index contributed by atoms with van der Waals surface area (Å²) in [5.41, 5.74) is 1.67. The third-order valence-corrected chi connectivity index (χ3v) is 6.01. The molecule has 0 N–H and O–H groups in total. The number of benzene rings is 1. The highest BCUT2D eigenvalue weighted by molar-refractivity contribution is 6.33. The summed E-state index contributed by atoms with van der Waals surface area (Å²) in [4.78, 5) is 22.0. The van der Waals surface area contributed by atoms with Crippen LogP contribution in [0.5, 0.6) is 17.4 Å². The number of ketones is 1. The molecule has 0 saturated heterocycles. The van der Waals surface area contributed by atoms with E-state index in [1.165, 1.54) is 19.2 Å². The van der Waals surface area contributed by atoms with Crippen molar-refractivity contribution in [1.29, 1.82) is 0 Å². The molecule has 1 aliphatic heterocycles. The maximum absolute atomic E-state index is 13.3. The van der Waals surface area contributed by atoms with E-state index in [2.05, 4.69) is 19.4 Å². The zero-order valence-electron chi connectivity index (χ0n) is 16.9. The smallest absolute Gasteiger partial charge is 0.481 e. The van der Waals surface area contributed by atoms with Gasteiger partial charge in [-0.25, -0.2) is 4.98 Å². The average molecular weight is 459 g/mol. The second kappa shape index (κ2) is 7.41. The molecule has 164 valence electrons. The number of hydrogen-bond acceptors (Lipinski definition) is 6. The zero-order chi connectivity index (χ0) is 22.5. The molecule has 0 bridgehead atoms. The van der Waals surface area contributed by atoms with E-state index in [0.717, 1.165) is 0 Å². The van der Waals surface area contributed by atoms with Crippen molar-refractivity contribution in [2.75, 3.05) is 7.11 Å². The molecule has 2 aliphatic rings. The Bertz CT molecular complexity index is 1210. The minimum absolute atomic E-state index is 0.0425. The molecule has 2 aromatic heterocycles. The fourth-order valence-electron chi connectivity index (χ4n) is 3.86. The Hall–Kier alpha value is -3.26. The topological polar surface area (TPSA) is 70.5 Å². The molecule has 1 aromatic carbocycles. The summed E-state index contributed by atoms with van der Waals surface area (Å²) in [7, 11) is 1.53. The highest BCUT2D eigenvalue weighted by Gasteiger charge is 2.52. The molecular formula is C23H17ClF2N2O4. The van der Waals surface area contributed by atoms with Crippen molar-refractivity contribution in [3.63, 3.8) is 0 Å². The third kappa shape index (κ3) is 3.64. The van der Waals surface area contributed by atoms with Crippen LogP contribution >= 0.6 is 11.6 Å². The van der Waals surface area contributed by atoms with Gasteiger partial charge in [0.05, 0.1) is 23.2 Å². The summed E-state index contributed by atoms with van der Waals surface area (Å²) in [6.45, 7) is 0. The summed E-state index contributed by atoms with van der Waals surface area (Å²) >= 11 is 6.32. The molecule has 1 aliphatic carbocycles. The highest BCUT2D eigenvalue weighted by atomic mass is 35.5. The van der Waals surface area contributed by atoms with Crippen LogP contribution in [-0.2, 0) is 16.6 Å². The van der Waals surface area contributed by atoms with E-state index >= 15 is 0 Å². The zero-order valence-corrected chi connectivity index (χ0v) is 17.7. The Balaban J connectivity index is 1.38. The van der Waals surface area contributed by atoms with Crippen molar-refractivity contribution in [3.8, 4) is 28.6 Å². The Morgan fingerprint density at radius 2 is 1.91 bits per heavy atom. The molecule has 0 radical (unpaired) electrons. The second-order valence-corrected chi connectivity index (χ2v) is 8.14. The molecule has 5 rings (SSSR count). The van der Waals surface area contributed by atoms with Gasteiger partial charge in [0.15, 0.2) is 11.5 Å². The third-order valence-electron chi connectivity index (χ3n) is 5.70. The second-order valence-electron chi connectivity index (χ2n) is 7.73. The van der Waals surface area contributed by atoms with Crippen LogP contribution < -0.4 is 14.2 Å². The number of aromatic nitrogens is 2. The van der Waals surface area contributed by atoms with Crippen LogP contribution in [0.1, 0.15) is 24.1 Å². The monoisotopic (exact) mass is 458 g/mol. The van der Waals surface area contributed by atoms with Crippen LogP contribution in [0.2, 0.25) is 5.02 Å². The van der Waals surface area contributed by atoms with E-state index in [9.17, 15) is 13.6 Å². The van der Waals surface area contributed by atoms with Gasteiger partial charge in [0.25, 0.3) is 0 Å². The minimum atomic E-state index is -3.69. The van der Waals surface area contributed by atoms with Crippen molar-refractivity contribution in [2.24, 2.45) is 0 Å². The number of Topliss-reactive ketones (excluding diaryl/α,β-unsaturated/α-hetero) is 1. The number of ether oxygens (including phenoxy) is 3. The molecule has 0 unspecified atom stereocenters. The van der Waals surface area contributed by atoms with Gasteiger partial charge in [0.2, 0.25) is 5.88 Å². The number of pyridine rings is 2. The van der Waals surface area contributed by atoms with Crippen molar-refractivity contribution in [1.82, 2.24) is 9.97 Å². The molecule has 6 nitrogen and oxygen atoms in total. The lowest BCUT2D eigenvalue weighted by Gasteiger charge is -2.15. The van der Waals surface area contributed by atoms with Crippen LogP contribution in [-0.4, -0.2) is 29.2 Å². The first-order valence-corrected chi connectivity index (χ1v) is 10.3. The van der Waals surface area contributed by atoms with Gasteiger partial charge in [-0.05, 0) is 48.7 Å². The van der Waals surface area contributed by atoms with Crippen LogP contribution in [0.3, 0.4) is 0 Å². The molecule has 0 spiro atoms. The normalized spacial score (nSPS) is 17.1. The molecule has 3 aromatic rings. The number of nitrogens with zero attached hydrogens (tertiary/aromatic N) is 2. The van der Waals surface area contributed by atoms with E-state index in [-0.39, 0.29) is 23.7 Å². The number of hydrogen-bond donors (Lipinski definition) is 0. The standard InChI is InChI=1S/C23H17ClF2N2O4/c1-30-20-7-2-13(12-27-20)21-16(24)5-4-15(28-21)11-19(29)22(8-9-22)14-3-6-17-18(10-14)32-23(25,26)31-17/h2-7,10,12H,8-9,11H2,1H3. The van der Waals surface area contributed by atoms with E-state index < -0.39 is 11.7 Å². The predicted molar refractivity (Wildman–Crippen MR) is 111 cm³/mol. The summed E-state index contributed by atoms with van der Waals surface area (Å²) in [6, 6.07) is 11.4. The van der Waals surface area contributed by atoms with Gasteiger partial charge >= 0.3 is 6.29 Å². The van der Waals surface area contributed by atoms with E-state index in [4.69, 9.17) is 16.3 Å². The number of carbonyl (C=O) groups is 1. The van der Waals surface area contributed by atoms with E-state index in [1.807, 2.05) is 0 Å². The Morgan fingerprint density at radius 3 is 2.59 bits per heavy atom. The summed E-state index contributed by atoms with van der Waals surface area (Å²) in [5.74, 6) is 0.315. The molecule has 1 fully saturated rings. The number of fused-ring (bicyclic) bond motifs is 1. The molecule has 9 heteroatoms. The van der Waals surface area contributed by atoms with Gasteiger partial charge in [0.1, 0.15) is 5.78 Å². The predicted octanol–water partition coefficient (Wildman–Crippen LogP) is 4.97. The van der Waals surface area contributed by atoms with Gasteiger partial charge < -0.3 is 14.2 Å². The Morgan fingerprint density at radius 1 is 1.12 bits per heavy atom. The molecular weight excluding hydrogens is 442 g/mol. The molecule has 0 amide bonds. The first-order valence-electron chi connectivity index (χ1n) is 9.89. The fourth-order valence-corrected chi connectivity index (χ4v) is 4.07. The molecule has 32 heavy (non-hydrogen) atoms. The van der Waals surface area contributed by atoms with Gasteiger partial charge in [-0.2, -0.15) is 0 Å².